The molecule has 0 unspecified atom stereocenters. The molecule has 0 radical (unpaired) electrons. The highest BCUT2D eigenvalue weighted by Gasteiger charge is 2.10. The topological polar surface area (TPSA) is 51.8 Å². The fraction of sp³-hybridized carbons (Fsp3) is 0.150. The summed E-state index contributed by atoms with van der Waals surface area (Å²) in [6, 6.07) is 10.2. The van der Waals surface area contributed by atoms with Crippen LogP contribution in [0.25, 0.3) is 11.3 Å². The Hall–Kier alpha value is -3.13. The first-order valence-corrected chi connectivity index (χ1v) is 9.29. The molecule has 0 spiro atoms. The van der Waals surface area contributed by atoms with Gasteiger partial charge in [0.2, 0.25) is 4.80 Å². The predicted octanol–water partition coefficient (Wildman–Crippen LogP) is 4.57. The molecule has 0 bridgehead atoms. The number of ether oxygens (including phenoxy) is 1. The van der Waals surface area contributed by atoms with E-state index in [2.05, 4.69) is 21.3 Å². The van der Waals surface area contributed by atoms with Gasteiger partial charge in [-0.15, -0.1) is 17.9 Å². The summed E-state index contributed by atoms with van der Waals surface area (Å²) in [6.07, 6.45) is 5.12. The molecular formula is C20H18F2N4OS. The molecule has 2 aromatic heterocycles. The number of hydrogen-bond acceptors (Lipinski definition) is 5. The minimum Gasteiger partial charge on any atom is -0.435 e. The van der Waals surface area contributed by atoms with Gasteiger partial charge in [0.25, 0.3) is 0 Å². The lowest BCUT2D eigenvalue weighted by Gasteiger charge is -2.08. The Morgan fingerprint density at radius 3 is 2.61 bits per heavy atom. The minimum atomic E-state index is -2.85. The van der Waals surface area contributed by atoms with Crippen molar-refractivity contribution in [1.29, 1.82) is 0 Å². The quantitative estimate of drug-likeness (QED) is 0.431. The molecule has 28 heavy (non-hydrogen) atoms. The maximum absolute atomic E-state index is 12.4. The number of benzene rings is 1. The smallest absolute Gasteiger partial charge is 0.387 e. The zero-order valence-corrected chi connectivity index (χ0v) is 15.9. The van der Waals surface area contributed by atoms with Crippen molar-refractivity contribution in [1.82, 2.24) is 9.66 Å². The van der Waals surface area contributed by atoms with Crippen LogP contribution in [0.2, 0.25) is 0 Å². The maximum Gasteiger partial charge on any atom is 0.387 e. The van der Waals surface area contributed by atoms with Gasteiger partial charge in [0.15, 0.2) is 0 Å². The molecule has 0 aliphatic carbocycles. The van der Waals surface area contributed by atoms with Crippen LogP contribution in [0.1, 0.15) is 12.5 Å². The van der Waals surface area contributed by atoms with Crippen LogP contribution in [-0.4, -0.2) is 28.5 Å². The number of aromatic nitrogens is 2. The number of alkyl halides is 2. The maximum atomic E-state index is 12.4. The molecule has 0 fully saturated rings. The van der Waals surface area contributed by atoms with Crippen LogP contribution >= 0.6 is 11.3 Å². The van der Waals surface area contributed by atoms with Crippen molar-refractivity contribution in [3.8, 4) is 17.0 Å². The Morgan fingerprint density at radius 1 is 1.25 bits per heavy atom. The molecule has 3 aromatic rings. The first kappa shape index (κ1) is 19.6. The molecule has 144 valence electrons. The fourth-order valence-electron chi connectivity index (χ4n) is 2.45. The summed E-state index contributed by atoms with van der Waals surface area (Å²) < 4.78 is 30.9. The molecular weight excluding hydrogens is 382 g/mol. The molecule has 3 rings (SSSR count). The lowest BCUT2D eigenvalue weighted by atomic mass is 10.1. The van der Waals surface area contributed by atoms with Crippen LogP contribution in [0.4, 0.5) is 8.78 Å². The van der Waals surface area contributed by atoms with Crippen LogP contribution in [0.15, 0.2) is 76.9 Å². The van der Waals surface area contributed by atoms with E-state index in [1.165, 1.54) is 23.5 Å². The SMILES string of the molecule is C=CCN=c1scc(-c2ccc(OC(F)F)cc2)n1/N=C(/C)c1ccncc1. The molecule has 2 heterocycles. The molecule has 1 aromatic carbocycles. The lowest BCUT2D eigenvalue weighted by molar-refractivity contribution is -0.0498. The molecule has 0 N–H and O–H groups in total. The molecule has 8 heteroatoms. The minimum absolute atomic E-state index is 0.105. The van der Waals surface area contributed by atoms with Crippen molar-refractivity contribution in [2.24, 2.45) is 10.1 Å². The number of halogens is 2. The van der Waals surface area contributed by atoms with Gasteiger partial charge in [-0.1, -0.05) is 6.08 Å². The Labute approximate surface area is 165 Å². The average molecular weight is 400 g/mol. The van der Waals surface area contributed by atoms with Gasteiger partial charge in [-0.25, -0.2) is 4.68 Å². The van der Waals surface area contributed by atoms with Crippen molar-refractivity contribution in [3.05, 3.63) is 77.2 Å². The first-order valence-electron chi connectivity index (χ1n) is 8.41. The van der Waals surface area contributed by atoms with Gasteiger partial charge in [0, 0.05) is 28.9 Å². The van der Waals surface area contributed by atoms with Crippen molar-refractivity contribution in [2.75, 3.05) is 6.54 Å². The molecule has 0 amide bonds. The van der Waals surface area contributed by atoms with Crippen molar-refractivity contribution in [2.45, 2.75) is 13.5 Å². The van der Waals surface area contributed by atoms with E-state index < -0.39 is 6.61 Å². The molecule has 0 saturated carbocycles. The number of thiazole rings is 1. The van der Waals surface area contributed by atoms with Gasteiger partial charge in [0.05, 0.1) is 18.0 Å². The number of hydrogen-bond donors (Lipinski definition) is 0. The van der Waals surface area contributed by atoms with Gasteiger partial charge in [0.1, 0.15) is 5.75 Å². The zero-order chi connectivity index (χ0) is 19.9. The normalized spacial score (nSPS) is 12.4. The van der Waals surface area contributed by atoms with Crippen LogP contribution in [0.5, 0.6) is 5.75 Å². The summed E-state index contributed by atoms with van der Waals surface area (Å²) >= 11 is 1.44. The Bertz CT molecular complexity index is 1020. The van der Waals surface area contributed by atoms with E-state index >= 15 is 0 Å². The summed E-state index contributed by atoms with van der Waals surface area (Å²) in [6.45, 7) is 3.21. The summed E-state index contributed by atoms with van der Waals surface area (Å²) in [4.78, 5) is 9.22. The Balaban J connectivity index is 2.05. The van der Waals surface area contributed by atoms with Crippen molar-refractivity contribution in [3.63, 3.8) is 0 Å². The second-order valence-electron chi connectivity index (χ2n) is 5.67. The summed E-state index contributed by atoms with van der Waals surface area (Å²) in [5.74, 6) is 0.105. The number of pyridine rings is 1. The highest BCUT2D eigenvalue weighted by molar-refractivity contribution is 7.07. The standard InChI is InChI=1S/C20H18F2N4OS/c1-3-10-24-20-26(25-14(2)15-8-11-23-12-9-15)18(13-28-20)16-4-6-17(7-5-16)27-19(21)22/h3-9,11-13,19H,1,10H2,2H3/b24-20?,25-14-. The van der Waals surface area contributed by atoms with Crippen LogP contribution < -0.4 is 9.54 Å². The van der Waals surface area contributed by atoms with E-state index in [4.69, 9.17) is 5.10 Å². The molecule has 0 atom stereocenters. The third kappa shape index (κ3) is 4.77. The van der Waals surface area contributed by atoms with E-state index in [-0.39, 0.29) is 5.75 Å². The van der Waals surface area contributed by atoms with Crippen LogP contribution in [0, 0.1) is 0 Å². The number of nitrogens with zero attached hydrogens (tertiary/aromatic N) is 4. The average Bonchev–Trinajstić information content (AvgIpc) is 3.09. The fourth-order valence-corrected chi connectivity index (χ4v) is 3.29. The first-order chi connectivity index (χ1) is 13.6. The van der Waals surface area contributed by atoms with E-state index in [9.17, 15) is 8.78 Å². The van der Waals surface area contributed by atoms with E-state index in [0.29, 0.717) is 11.3 Å². The third-order valence-corrected chi connectivity index (χ3v) is 4.62. The Morgan fingerprint density at radius 2 is 1.96 bits per heavy atom. The van der Waals surface area contributed by atoms with Crippen LogP contribution in [0.3, 0.4) is 0 Å². The molecule has 5 nitrogen and oxygen atoms in total. The van der Waals surface area contributed by atoms with E-state index in [1.54, 1.807) is 35.3 Å². The van der Waals surface area contributed by atoms with Gasteiger partial charge < -0.3 is 4.74 Å². The largest absolute Gasteiger partial charge is 0.435 e. The molecule has 0 aliphatic heterocycles. The highest BCUT2D eigenvalue weighted by atomic mass is 32.1. The highest BCUT2D eigenvalue weighted by Crippen LogP contribution is 2.24. The van der Waals surface area contributed by atoms with Gasteiger partial charge in [-0.05, 0) is 43.3 Å². The third-order valence-electron chi connectivity index (χ3n) is 3.76. The van der Waals surface area contributed by atoms with Crippen molar-refractivity contribution >= 4 is 17.0 Å². The second-order valence-corrected chi connectivity index (χ2v) is 6.51. The van der Waals surface area contributed by atoms with Gasteiger partial charge in [-0.3, -0.25) is 9.98 Å². The van der Waals surface area contributed by atoms with Crippen LogP contribution in [-0.2, 0) is 0 Å². The van der Waals surface area contributed by atoms with Gasteiger partial charge >= 0.3 is 6.61 Å². The van der Waals surface area contributed by atoms with Crippen molar-refractivity contribution < 1.29 is 13.5 Å². The monoisotopic (exact) mass is 400 g/mol. The van der Waals surface area contributed by atoms with E-state index in [0.717, 1.165) is 22.5 Å². The molecule has 0 aliphatic rings. The van der Waals surface area contributed by atoms with Gasteiger partial charge in [-0.2, -0.15) is 13.9 Å². The Kier molecular flexibility index (Phi) is 6.44. The summed E-state index contributed by atoms with van der Waals surface area (Å²) in [7, 11) is 0. The summed E-state index contributed by atoms with van der Waals surface area (Å²) in [5, 5.41) is 6.65. The number of rotatable bonds is 7. The predicted molar refractivity (Wildman–Crippen MR) is 107 cm³/mol. The summed E-state index contributed by atoms with van der Waals surface area (Å²) in [5.41, 5.74) is 3.34. The second kappa shape index (κ2) is 9.18. The van der Waals surface area contributed by atoms with E-state index in [1.807, 2.05) is 24.4 Å². The zero-order valence-electron chi connectivity index (χ0n) is 15.1. The lowest BCUT2D eigenvalue weighted by Crippen LogP contribution is -2.14. The molecule has 0 saturated heterocycles.